The van der Waals surface area contributed by atoms with Gasteiger partial charge in [-0.1, -0.05) is 83.3 Å². The van der Waals surface area contributed by atoms with E-state index in [-0.39, 0.29) is 22.2 Å². The molecule has 0 radical (unpaired) electrons. The molecule has 0 aliphatic heterocycles. The van der Waals surface area contributed by atoms with Gasteiger partial charge in [-0.15, -0.1) is 0 Å². The number of carbonyl (C=O) groups is 1. The summed E-state index contributed by atoms with van der Waals surface area (Å²) in [7, 11) is 0. The molecule has 0 aliphatic carbocycles. The molecule has 7 heteroatoms. The molecule has 0 heterocycles. The van der Waals surface area contributed by atoms with Gasteiger partial charge in [-0.3, -0.25) is 4.79 Å². The van der Waals surface area contributed by atoms with Gasteiger partial charge in [-0.25, -0.2) is 0 Å². The van der Waals surface area contributed by atoms with Gasteiger partial charge >= 0.3 is 0 Å². The summed E-state index contributed by atoms with van der Waals surface area (Å²) in [4.78, 5) is 12.4. The number of hydrogen-bond donors (Lipinski definition) is 1. The molecule has 3 rings (SSSR count). The van der Waals surface area contributed by atoms with Crippen LogP contribution in [0.4, 0.5) is 0 Å². The Hall–Kier alpha value is -2.97. The molecule has 0 aromatic heterocycles. The average Bonchev–Trinajstić information content (AvgIpc) is 2.77. The van der Waals surface area contributed by atoms with Crippen LogP contribution in [0.15, 0.2) is 72.3 Å². The van der Waals surface area contributed by atoms with Gasteiger partial charge in [0.2, 0.25) is 0 Å². The highest BCUT2D eigenvalue weighted by molar-refractivity contribution is 6.37. The minimum Gasteiger partial charge on any atom is -0.486 e. The molecule has 1 amide bonds. The molecule has 31 heavy (non-hydrogen) atoms. The van der Waals surface area contributed by atoms with E-state index in [2.05, 4.69) is 5.32 Å². The normalized spacial score (nSPS) is 11.0. The standard InChI is InChI=1S/C24H17Cl3N2O2/c25-20-9-5-4-8-18(20)15-31-23-21(26)11-17(12-22(23)27)10-19(13-28)24(30)29-14-16-6-2-1-3-7-16/h1-12H,14-15H2,(H,29,30)/b19-10-. The topological polar surface area (TPSA) is 62.1 Å². The van der Waals surface area contributed by atoms with E-state index in [4.69, 9.17) is 39.5 Å². The van der Waals surface area contributed by atoms with Gasteiger partial charge in [-0.2, -0.15) is 5.26 Å². The second-order valence-corrected chi connectivity index (χ2v) is 7.75. The Morgan fingerprint density at radius 1 is 0.968 bits per heavy atom. The molecule has 0 aliphatic rings. The summed E-state index contributed by atoms with van der Waals surface area (Å²) in [6, 6.07) is 21.8. The monoisotopic (exact) mass is 470 g/mol. The molecule has 0 fully saturated rings. The summed E-state index contributed by atoms with van der Waals surface area (Å²) in [5.41, 5.74) is 2.17. The van der Waals surface area contributed by atoms with Crippen molar-refractivity contribution in [2.24, 2.45) is 0 Å². The number of nitrogens with one attached hydrogen (secondary N) is 1. The fourth-order valence-corrected chi connectivity index (χ4v) is 3.56. The predicted octanol–water partition coefficient (Wildman–Crippen LogP) is 6.45. The van der Waals surface area contributed by atoms with Crippen LogP contribution in [-0.4, -0.2) is 5.91 Å². The molecule has 156 valence electrons. The fourth-order valence-electron chi connectivity index (χ4n) is 2.75. The Kier molecular flexibility index (Phi) is 7.97. The van der Waals surface area contributed by atoms with Crippen molar-refractivity contribution in [2.45, 2.75) is 13.2 Å². The van der Waals surface area contributed by atoms with Gasteiger partial charge in [0.25, 0.3) is 5.91 Å². The first-order valence-corrected chi connectivity index (χ1v) is 10.4. The second kappa shape index (κ2) is 10.9. The van der Waals surface area contributed by atoms with E-state index in [1.165, 1.54) is 6.08 Å². The van der Waals surface area contributed by atoms with Crippen LogP contribution in [0.25, 0.3) is 6.08 Å². The third kappa shape index (κ3) is 6.26. The number of nitrogens with zero attached hydrogens (tertiary/aromatic N) is 1. The Morgan fingerprint density at radius 3 is 2.26 bits per heavy atom. The summed E-state index contributed by atoms with van der Waals surface area (Å²) in [6.45, 7) is 0.509. The zero-order valence-electron chi connectivity index (χ0n) is 16.2. The molecule has 0 atom stereocenters. The first kappa shape index (κ1) is 22.7. The lowest BCUT2D eigenvalue weighted by Crippen LogP contribution is -2.23. The number of benzene rings is 3. The van der Waals surface area contributed by atoms with Crippen LogP contribution in [-0.2, 0) is 17.9 Å². The molecule has 3 aromatic rings. The second-order valence-electron chi connectivity index (χ2n) is 6.53. The molecular formula is C24H17Cl3N2O2. The van der Waals surface area contributed by atoms with Crippen LogP contribution in [0.2, 0.25) is 15.1 Å². The summed E-state index contributed by atoms with van der Waals surface area (Å²) in [5, 5.41) is 13.2. The zero-order chi connectivity index (χ0) is 22.2. The third-order valence-electron chi connectivity index (χ3n) is 4.32. The Bertz CT molecular complexity index is 1130. The Morgan fingerprint density at radius 2 is 1.61 bits per heavy atom. The van der Waals surface area contributed by atoms with E-state index >= 15 is 0 Å². The number of carbonyl (C=O) groups excluding carboxylic acids is 1. The predicted molar refractivity (Wildman–Crippen MR) is 124 cm³/mol. The minimum atomic E-state index is -0.488. The first-order chi connectivity index (χ1) is 15.0. The number of rotatable bonds is 7. The Labute approximate surface area is 195 Å². The van der Waals surface area contributed by atoms with Crippen molar-refractivity contribution < 1.29 is 9.53 Å². The smallest absolute Gasteiger partial charge is 0.262 e. The van der Waals surface area contributed by atoms with Crippen molar-refractivity contribution in [3.05, 3.63) is 104 Å². The number of nitriles is 1. The van der Waals surface area contributed by atoms with E-state index in [1.807, 2.05) is 54.6 Å². The lowest BCUT2D eigenvalue weighted by atomic mass is 10.1. The average molecular weight is 472 g/mol. The third-order valence-corrected chi connectivity index (χ3v) is 5.25. The van der Waals surface area contributed by atoms with Gasteiger partial charge < -0.3 is 10.1 Å². The van der Waals surface area contributed by atoms with E-state index in [0.29, 0.717) is 22.9 Å². The molecule has 0 saturated carbocycles. The van der Waals surface area contributed by atoms with Crippen molar-refractivity contribution in [1.29, 1.82) is 5.26 Å². The summed E-state index contributed by atoms with van der Waals surface area (Å²) >= 11 is 18.8. The summed E-state index contributed by atoms with van der Waals surface area (Å²) < 4.78 is 5.74. The largest absolute Gasteiger partial charge is 0.486 e. The van der Waals surface area contributed by atoms with Crippen molar-refractivity contribution in [1.82, 2.24) is 5.32 Å². The number of amides is 1. The van der Waals surface area contributed by atoms with E-state index < -0.39 is 5.91 Å². The quantitative estimate of drug-likeness (QED) is 0.318. The number of hydrogen-bond acceptors (Lipinski definition) is 3. The van der Waals surface area contributed by atoms with Crippen molar-refractivity contribution in [3.8, 4) is 11.8 Å². The lowest BCUT2D eigenvalue weighted by molar-refractivity contribution is -0.117. The first-order valence-electron chi connectivity index (χ1n) is 9.27. The molecule has 0 spiro atoms. The van der Waals surface area contributed by atoms with Crippen LogP contribution in [0.3, 0.4) is 0 Å². The van der Waals surface area contributed by atoms with Gasteiger partial charge in [0.1, 0.15) is 18.2 Å². The highest BCUT2D eigenvalue weighted by Gasteiger charge is 2.13. The summed E-state index contributed by atoms with van der Waals surface area (Å²) in [6.07, 6.45) is 1.43. The maximum absolute atomic E-state index is 12.4. The van der Waals surface area contributed by atoms with Crippen LogP contribution >= 0.6 is 34.8 Å². The van der Waals surface area contributed by atoms with Crippen molar-refractivity contribution >= 4 is 46.8 Å². The van der Waals surface area contributed by atoms with Crippen LogP contribution in [0.5, 0.6) is 5.75 Å². The highest BCUT2D eigenvalue weighted by atomic mass is 35.5. The van der Waals surface area contributed by atoms with Crippen LogP contribution in [0, 0.1) is 11.3 Å². The maximum atomic E-state index is 12.4. The summed E-state index contributed by atoms with van der Waals surface area (Å²) in [5.74, 6) is -0.190. The van der Waals surface area contributed by atoms with E-state index in [1.54, 1.807) is 18.2 Å². The lowest BCUT2D eigenvalue weighted by Gasteiger charge is -2.12. The zero-order valence-corrected chi connectivity index (χ0v) is 18.5. The SMILES string of the molecule is N#C/C(=C/c1cc(Cl)c(OCc2ccccc2Cl)c(Cl)c1)C(=O)NCc1ccccc1. The van der Waals surface area contributed by atoms with E-state index in [0.717, 1.165) is 11.1 Å². The van der Waals surface area contributed by atoms with E-state index in [9.17, 15) is 10.1 Å². The molecule has 4 nitrogen and oxygen atoms in total. The number of ether oxygens (including phenoxy) is 1. The van der Waals surface area contributed by atoms with Gasteiger partial charge in [-0.05, 0) is 35.4 Å². The van der Waals surface area contributed by atoms with Crippen molar-refractivity contribution in [3.63, 3.8) is 0 Å². The molecule has 1 N–H and O–H groups in total. The minimum absolute atomic E-state index is 0.0622. The molecule has 0 unspecified atom stereocenters. The van der Waals surface area contributed by atoms with Crippen LogP contribution in [0.1, 0.15) is 16.7 Å². The maximum Gasteiger partial charge on any atom is 0.262 e. The Balaban J connectivity index is 1.72. The highest BCUT2D eigenvalue weighted by Crippen LogP contribution is 2.35. The van der Waals surface area contributed by atoms with Gasteiger partial charge in [0.15, 0.2) is 5.75 Å². The van der Waals surface area contributed by atoms with Crippen molar-refractivity contribution in [2.75, 3.05) is 0 Å². The number of halogens is 3. The van der Waals surface area contributed by atoms with Gasteiger partial charge in [0.05, 0.1) is 10.0 Å². The molecule has 0 saturated heterocycles. The molecule has 3 aromatic carbocycles. The molecular weight excluding hydrogens is 455 g/mol. The fraction of sp³-hybridized carbons (Fsp3) is 0.0833. The van der Waals surface area contributed by atoms with Gasteiger partial charge in [0, 0.05) is 17.1 Å². The van der Waals surface area contributed by atoms with Crippen LogP contribution < -0.4 is 10.1 Å². The molecule has 0 bridgehead atoms.